The number of pyridine rings is 1. The van der Waals surface area contributed by atoms with Gasteiger partial charge in [0.1, 0.15) is 5.82 Å². The zero-order valence-corrected chi connectivity index (χ0v) is 31.5. The first kappa shape index (κ1) is 32.7. The van der Waals surface area contributed by atoms with Crippen molar-refractivity contribution < 1.29 is 25.8 Å². The van der Waals surface area contributed by atoms with Crippen molar-refractivity contribution in [2.75, 3.05) is 0 Å². The monoisotopic (exact) mass is 844 g/mol. The third kappa shape index (κ3) is 5.37. The fourth-order valence-corrected chi connectivity index (χ4v) is 7.75. The second kappa shape index (κ2) is 12.4. The summed E-state index contributed by atoms with van der Waals surface area (Å²) < 4.78 is 12.9. The van der Waals surface area contributed by atoms with E-state index in [1.165, 1.54) is 44.1 Å². The van der Waals surface area contributed by atoms with Gasteiger partial charge in [0.15, 0.2) is 0 Å². The minimum atomic E-state index is 0. The van der Waals surface area contributed by atoms with Gasteiger partial charge in [0.05, 0.1) is 22.4 Å². The Balaban J connectivity index is 0.00000374. The van der Waals surface area contributed by atoms with E-state index >= 15 is 0 Å². The smallest absolute Gasteiger partial charge is 0.509 e. The summed E-state index contributed by atoms with van der Waals surface area (Å²) in [5, 5.41) is 9.38. The van der Waals surface area contributed by atoms with Crippen LogP contribution in [0.1, 0.15) is 33.6 Å². The van der Waals surface area contributed by atoms with Crippen LogP contribution in [-0.4, -0.2) is 23.9 Å². The predicted molar refractivity (Wildman–Crippen MR) is 203 cm³/mol. The molecule has 252 valence electrons. The van der Waals surface area contributed by atoms with Crippen molar-refractivity contribution in [3.8, 4) is 28.7 Å². The van der Waals surface area contributed by atoms with E-state index < -0.39 is 0 Å². The second-order valence-corrected chi connectivity index (χ2v) is 13.4. The first-order chi connectivity index (χ1) is 24.2. The van der Waals surface area contributed by atoms with Gasteiger partial charge in [-0.05, 0) is 94.1 Å². The molecule has 0 atom stereocenters. The number of para-hydroxylation sites is 1. The van der Waals surface area contributed by atoms with Gasteiger partial charge in [0.25, 0.3) is 0 Å². The van der Waals surface area contributed by atoms with Crippen LogP contribution in [-0.2, 0) is 21.1 Å². The molecule has 0 spiro atoms. The minimum Gasteiger partial charge on any atom is -0.509 e. The molecule has 0 saturated heterocycles. The molecule has 9 rings (SSSR count). The Kier molecular flexibility index (Phi) is 7.96. The van der Waals surface area contributed by atoms with Crippen molar-refractivity contribution in [3.05, 3.63) is 149 Å². The molecular formula is C44H35N5OPt. The summed E-state index contributed by atoms with van der Waals surface area (Å²) in [7, 11) is 0. The largest absolute Gasteiger partial charge is 2.00 e. The fraction of sp³-hybridized carbons (Fsp3) is 0.136. The van der Waals surface area contributed by atoms with Crippen LogP contribution in [0.2, 0.25) is 0 Å². The molecule has 4 heterocycles. The van der Waals surface area contributed by atoms with Gasteiger partial charge in [-0.15, -0.1) is 35.7 Å². The molecule has 4 aromatic heterocycles. The van der Waals surface area contributed by atoms with Gasteiger partial charge in [-0.1, -0.05) is 47.0 Å². The summed E-state index contributed by atoms with van der Waals surface area (Å²) in [6.45, 7) is 12.8. The molecule has 0 aliphatic rings. The van der Waals surface area contributed by atoms with Gasteiger partial charge in [-0.3, -0.25) is 4.68 Å². The second-order valence-electron chi connectivity index (χ2n) is 13.4. The molecule has 0 radical (unpaired) electrons. The Morgan fingerprint density at radius 1 is 0.608 bits per heavy atom. The third-order valence-corrected chi connectivity index (χ3v) is 9.61. The van der Waals surface area contributed by atoms with Crippen LogP contribution in [0.15, 0.2) is 103 Å². The van der Waals surface area contributed by atoms with E-state index in [2.05, 4.69) is 127 Å². The van der Waals surface area contributed by atoms with E-state index in [0.717, 1.165) is 50.4 Å². The average Bonchev–Trinajstić information content (AvgIpc) is 3.73. The normalized spacial score (nSPS) is 11.6. The van der Waals surface area contributed by atoms with Gasteiger partial charge in [-0.2, -0.15) is 17.2 Å². The van der Waals surface area contributed by atoms with Crippen LogP contribution in [0, 0.1) is 53.7 Å². The number of benzene rings is 5. The number of ether oxygens (including phenoxy) is 1. The number of hydrogen-bond donors (Lipinski definition) is 0. The van der Waals surface area contributed by atoms with E-state index in [1.54, 1.807) is 0 Å². The molecule has 9 aromatic rings. The SMILES string of the molecule is Cc1cc(C)c2c(c1)c1cc(C)cc(C)c1n2-c1ccnc(-n2c3[c-]c(Oc4[c-]c(-n5nc(C)cc5C)ccc4)ccc3c3ccccc32)c1.[Pt+2]. The maximum Gasteiger partial charge on any atom is 2.00 e. The molecule has 0 amide bonds. The molecular weight excluding hydrogens is 810 g/mol. The Morgan fingerprint density at radius 2 is 1.31 bits per heavy atom. The van der Waals surface area contributed by atoms with E-state index in [0.29, 0.717) is 11.5 Å². The quantitative estimate of drug-likeness (QED) is 0.162. The third-order valence-electron chi connectivity index (χ3n) is 9.61. The summed E-state index contributed by atoms with van der Waals surface area (Å²) in [5.41, 5.74) is 13.3. The predicted octanol–water partition coefficient (Wildman–Crippen LogP) is 10.7. The van der Waals surface area contributed by atoms with Crippen LogP contribution >= 0.6 is 0 Å². The Hall–Kier alpha value is -5.45. The van der Waals surface area contributed by atoms with Crippen molar-refractivity contribution in [2.45, 2.75) is 41.5 Å². The van der Waals surface area contributed by atoms with Crippen molar-refractivity contribution in [1.29, 1.82) is 0 Å². The molecule has 0 bridgehead atoms. The van der Waals surface area contributed by atoms with Crippen LogP contribution < -0.4 is 4.74 Å². The van der Waals surface area contributed by atoms with Gasteiger partial charge in [0.2, 0.25) is 0 Å². The van der Waals surface area contributed by atoms with Crippen molar-refractivity contribution in [2.24, 2.45) is 0 Å². The number of hydrogen-bond acceptors (Lipinski definition) is 3. The number of aromatic nitrogens is 5. The maximum absolute atomic E-state index is 6.42. The molecule has 0 saturated carbocycles. The Labute approximate surface area is 311 Å². The maximum atomic E-state index is 6.42. The van der Waals surface area contributed by atoms with Crippen LogP contribution in [0.3, 0.4) is 0 Å². The topological polar surface area (TPSA) is 49.8 Å². The standard InChI is InChI=1S/C44H35N5O.Pt/c1-26-18-28(3)43-38(20-26)39-21-27(2)19-29(4)44(39)47(43)32-16-17-45-42(24-32)48-40-13-8-7-12-36(40)37-15-14-35(25-41(37)48)50-34-11-9-10-33(23-34)49-31(6)22-30(5)46-49;/h7-22,24H,1-6H3;/q-2;+2. The molecule has 0 fully saturated rings. The zero-order valence-electron chi connectivity index (χ0n) is 29.3. The van der Waals surface area contributed by atoms with Crippen LogP contribution in [0.25, 0.3) is 60.8 Å². The van der Waals surface area contributed by atoms with Gasteiger partial charge in [0, 0.05) is 45.7 Å². The Morgan fingerprint density at radius 3 is 2.02 bits per heavy atom. The van der Waals surface area contributed by atoms with Crippen LogP contribution in [0.5, 0.6) is 11.5 Å². The van der Waals surface area contributed by atoms with E-state index in [4.69, 9.17) is 9.72 Å². The van der Waals surface area contributed by atoms with E-state index in [-0.39, 0.29) is 21.1 Å². The van der Waals surface area contributed by atoms with Gasteiger partial charge >= 0.3 is 21.1 Å². The number of nitrogens with zero attached hydrogens (tertiary/aromatic N) is 5. The zero-order chi connectivity index (χ0) is 34.3. The molecule has 0 aliphatic heterocycles. The van der Waals surface area contributed by atoms with E-state index in [9.17, 15) is 0 Å². The summed E-state index contributed by atoms with van der Waals surface area (Å²) in [6.07, 6.45) is 1.91. The first-order valence-electron chi connectivity index (χ1n) is 16.9. The molecule has 0 unspecified atom stereocenters. The molecule has 6 nitrogen and oxygen atoms in total. The summed E-state index contributed by atoms with van der Waals surface area (Å²) in [5.74, 6) is 2.00. The van der Waals surface area contributed by atoms with Crippen LogP contribution in [0.4, 0.5) is 0 Å². The van der Waals surface area contributed by atoms with Crippen molar-refractivity contribution in [3.63, 3.8) is 0 Å². The van der Waals surface area contributed by atoms with Gasteiger partial charge < -0.3 is 13.9 Å². The van der Waals surface area contributed by atoms with Crippen molar-refractivity contribution >= 4 is 43.6 Å². The first-order valence-corrected chi connectivity index (χ1v) is 16.9. The van der Waals surface area contributed by atoms with Gasteiger partial charge in [-0.25, -0.2) is 4.98 Å². The molecule has 0 N–H and O–H groups in total. The average molecular weight is 845 g/mol. The Bertz CT molecular complexity index is 2750. The molecule has 7 heteroatoms. The molecule has 5 aromatic carbocycles. The molecule has 51 heavy (non-hydrogen) atoms. The fourth-order valence-electron chi connectivity index (χ4n) is 7.75. The molecule has 0 aliphatic carbocycles. The minimum absolute atomic E-state index is 0. The van der Waals surface area contributed by atoms with Crippen molar-refractivity contribution in [1.82, 2.24) is 23.9 Å². The van der Waals surface area contributed by atoms with E-state index in [1.807, 2.05) is 49.0 Å². The summed E-state index contributed by atoms with van der Waals surface area (Å²) in [6, 6.07) is 40.9. The summed E-state index contributed by atoms with van der Waals surface area (Å²) >= 11 is 0. The summed E-state index contributed by atoms with van der Waals surface area (Å²) in [4.78, 5) is 4.97. The number of aryl methyl sites for hydroxylation is 6. The number of rotatable bonds is 5. The number of fused-ring (bicyclic) bond motifs is 6.